The van der Waals surface area contributed by atoms with Crippen molar-refractivity contribution in [2.75, 3.05) is 25.5 Å². The van der Waals surface area contributed by atoms with E-state index in [-0.39, 0.29) is 23.3 Å². The zero-order valence-electron chi connectivity index (χ0n) is 20.4. The highest BCUT2D eigenvalue weighted by Crippen LogP contribution is 2.32. The largest absolute Gasteiger partial charge is 0.490 e. The lowest BCUT2D eigenvalue weighted by molar-refractivity contribution is -0.118. The summed E-state index contributed by atoms with van der Waals surface area (Å²) in [5, 5.41) is 4.25. The SMILES string of the molecule is CCOc1ccc(CCNC(=O)CSc2nc3ccccc3c(=O)n2C2CCCC2)cc1OCC. The fraction of sp³-hybridized carbons (Fsp3) is 0.444. The molecule has 3 aromatic rings. The van der Waals surface area contributed by atoms with Gasteiger partial charge in [-0.05, 0) is 62.9 Å². The number of aromatic nitrogens is 2. The highest BCUT2D eigenvalue weighted by molar-refractivity contribution is 7.99. The van der Waals surface area contributed by atoms with Crippen LogP contribution in [-0.4, -0.2) is 41.0 Å². The first-order valence-corrected chi connectivity index (χ1v) is 13.4. The van der Waals surface area contributed by atoms with Crippen LogP contribution < -0.4 is 20.3 Å². The second-order valence-electron chi connectivity index (χ2n) is 8.56. The summed E-state index contributed by atoms with van der Waals surface area (Å²) in [4.78, 5) is 30.6. The quantitative estimate of drug-likeness (QED) is 0.305. The average molecular weight is 496 g/mol. The van der Waals surface area contributed by atoms with Gasteiger partial charge in [-0.2, -0.15) is 0 Å². The Labute approximate surface area is 210 Å². The first-order chi connectivity index (χ1) is 17.1. The predicted octanol–water partition coefficient (Wildman–Crippen LogP) is 4.76. The zero-order chi connectivity index (χ0) is 24.6. The van der Waals surface area contributed by atoms with Crippen LogP contribution in [0.5, 0.6) is 11.5 Å². The molecule has 0 saturated heterocycles. The van der Waals surface area contributed by atoms with Gasteiger partial charge in [-0.15, -0.1) is 0 Å². The number of thioether (sulfide) groups is 1. The highest BCUT2D eigenvalue weighted by Gasteiger charge is 2.23. The van der Waals surface area contributed by atoms with Gasteiger partial charge in [0.2, 0.25) is 5.91 Å². The first-order valence-electron chi connectivity index (χ1n) is 12.4. The molecular formula is C27H33N3O4S. The Hall–Kier alpha value is -3.00. The van der Waals surface area contributed by atoms with E-state index >= 15 is 0 Å². The molecule has 7 nitrogen and oxygen atoms in total. The minimum atomic E-state index is -0.0775. The number of hydrogen-bond acceptors (Lipinski definition) is 6. The van der Waals surface area contributed by atoms with Crippen molar-refractivity contribution in [1.29, 1.82) is 0 Å². The number of amides is 1. The van der Waals surface area contributed by atoms with Gasteiger partial charge in [0.25, 0.3) is 5.56 Å². The molecule has 0 aliphatic heterocycles. The Morgan fingerprint density at radius 2 is 1.83 bits per heavy atom. The van der Waals surface area contributed by atoms with Crippen LogP contribution in [-0.2, 0) is 11.2 Å². The van der Waals surface area contributed by atoms with Crippen LogP contribution >= 0.6 is 11.8 Å². The van der Waals surface area contributed by atoms with Crippen molar-refractivity contribution in [1.82, 2.24) is 14.9 Å². The fourth-order valence-corrected chi connectivity index (χ4v) is 5.39. The van der Waals surface area contributed by atoms with Crippen LogP contribution in [0.2, 0.25) is 0 Å². The molecule has 0 radical (unpaired) electrons. The monoisotopic (exact) mass is 495 g/mol. The van der Waals surface area contributed by atoms with Crippen molar-refractivity contribution in [2.24, 2.45) is 0 Å². The number of para-hydroxylation sites is 1. The third-order valence-electron chi connectivity index (χ3n) is 6.14. The average Bonchev–Trinajstić information content (AvgIpc) is 3.39. The van der Waals surface area contributed by atoms with Gasteiger partial charge in [0.15, 0.2) is 16.7 Å². The Kier molecular flexibility index (Phi) is 8.69. The zero-order valence-corrected chi connectivity index (χ0v) is 21.2. The molecule has 0 spiro atoms. The van der Waals surface area contributed by atoms with Gasteiger partial charge in [0, 0.05) is 12.6 Å². The molecule has 35 heavy (non-hydrogen) atoms. The van der Waals surface area contributed by atoms with Gasteiger partial charge in [-0.3, -0.25) is 14.2 Å². The molecule has 1 aromatic heterocycles. The third-order valence-corrected chi connectivity index (χ3v) is 7.09. The number of hydrogen-bond donors (Lipinski definition) is 1. The molecule has 186 valence electrons. The van der Waals surface area contributed by atoms with Crippen molar-refractivity contribution < 1.29 is 14.3 Å². The van der Waals surface area contributed by atoms with Crippen LogP contribution in [0.1, 0.15) is 51.1 Å². The number of fused-ring (bicyclic) bond motifs is 1. The van der Waals surface area contributed by atoms with Crippen LogP contribution in [0.15, 0.2) is 52.4 Å². The summed E-state index contributed by atoms with van der Waals surface area (Å²) in [6.07, 6.45) is 4.87. The smallest absolute Gasteiger partial charge is 0.262 e. The maximum Gasteiger partial charge on any atom is 0.262 e. The number of nitrogens with one attached hydrogen (secondary N) is 1. The highest BCUT2D eigenvalue weighted by atomic mass is 32.2. The summed E-state index contributed by atoms with van der Waals surface area (Å²) in [7, 11) is 0. The number of rotatable bonds is 11. The molecule has 1 amide bonds. The van der Waals surface area contributed by atoms with E-state index in [0.29, 0.717) is 42.2 Å². The summed E-state index contributed by atoms with van der Waals surface area (Å²) in [6, 6.07) is 13.5. The molecule has 1 N–H and O–H groups in total. The van der Waals surface area contributed by atoms with Gasteiger partial charge < -0.3 is 14.8 Å². The molecule has 1 heterocycles. The summed E-state index contributed by atoms with van der Waals surface area (Å²) in [5.41, 5.74) is 1.73. The van der Waals surface area contributed by atoms with Crippen LogP contribution in [0.25, 0.3) is 10.9 Å². The van der Waals surface area contributed by atoms with Crippen LogP contribution in [0, 0.1) is 0 Å². The van der Waals surface area contributed by atoms with Gasteiger partial charge in [0.05, 0.1) is 29.9 Å². The standard InChI is InChI=1S/C27H33N3O4S/c1-3-33-23-14-13-19(17-24(23)34-4-2)15-16-28-25(31)18-35-27-29-22-12-8-7-11-21(22)26(32)30(27)20-9-5-6-10-20/h7-8,11-14,17,20H,3-6,9-10,15-16,18H2,1-2H3,(H,28,31). The summed E-state index contributed by atoms with van der Waals surface area (Å²) in [6.45, 7) is 5.54. The predicted molar refractivity (Wildman–Crippen MR) is 140 cm³/mol. The maximum absolute atomic E-state index is 13.2. The van der Waals surface area contributed by atoms with Gasteiger partial charge >= 0.3 is 0 Å². The van der Waals surface area contributed by atoms with Crippen molar-refractivity contribution in [3.8, 4) is 11.5 Å². The topological polar surface area (TPSA) is 82.5 Å². The second kappa shape index (κ2) is 12.1. The number of carbonyl (C=O) groups excluding carboxylic acids is 1. The van der Waals surface area contributed by atoms with Crippen LogP contribution in [0.3, 0.4) is 0 Å². The Morgan fingerprint density at radius 3 is 2.60 bits per heavy atom. The first kappa shape index (κ1) is 25.1. The van der Waals surface area contributed by atoms with E-state index in [0.717, 1.165) is 42.7 Å². The Morgan fingerprint density at radius 1 is 1.09 bits per heavy atom. The van der Waals surface area contributed by atoms with Gasteiger partial charge in [-0.25, -0.2) is 4.98 Å². The Bertz CT molecular complexity index is 1220. The molecular weight excluding hydrogens is 462 g/mol. The molecule has 0 bridgehead atoms. The van der Waals surface area contributed by atoms with E-state index in [1.54, 1.807) is 0 Å². The number of benzene rings is 2. The minimum absolute atomic E-state index is 0.00832. The lowest BCUT2D eigenvalue weighted by Gasteiger charge is -2.18. The third kappa shape index (κ3) is 6.17. The van der Waals surface area contributed by atoms with Gasteiger partial charge in [-0.1, -0.05) is 42.8 Å². The molecule has 4 rings (SSSR count). The molecule has 1 aliphatic carbocycles. The lowest BCUT2D eigenvalue weighted by atomic mass is 10.1. The number of nitrogens with zero attached hydrogens (tertiary/aromatic N) is 2. The van der Waals surface area contributed by atoms with E-state index < -0.39 is 0 Å². The van der Waals surface area contributed by atoms with E-state index in [1.165, 1.54) is 11.8 Å². The van der Waals surface area contributed by atoms with Crippen molar-refractivity contribution in [3.63, 3.8) is 0 Å². The molecule has 0 unspecified atom stereocenters. The number of carbonyl (C=O) groups is 1. The summed E-state index contributed by atoms with van der Waals surface area (Å²) < 4.78 is 13.1. The molecule has 0 atom stereocenters. The number of ether oxygens (including phenoxy) is 2. The van der Waals surface area contributed by atoms with Crippen molar-refractivity contribution >= 4 is 28.6 Å². The second-order valence-corrected chi connectivity index (χ2v) is 9.50. The molecule has 8 heteroatoms. The Balaban J connectivity index is 1.38. The molecule has 2 aromatic carbocycles. The molecule has 1 aliphatic rings. The summed E-state index contributed by atoms with van der Waals surface area (Å²) in [5.74, 6) is 1.59. The minimum Gasteiger partial charge on any atom is -0.490 e. The summed E-state index contributed by atoms with van der Waals surface area (Å²) >= 11 is 1.34. The molecule has 1 fully saturated rings. The normalized spacial score (nSPS) is 13.8. The van der Waals surface area contributed by atoms with Crippen molar-refractivity contribution in [2.45, 2.75) is 57.1 Å². The van der Waals surface area contributed by atoms with E-state index in [9.17, 15) is 9.59 Å². The van der Waals surface area contributed by atoms with E-state index in [4.69, 9.17) is 14.5 Å². The molecule has 1 saturated carbocycles. The van der Waals surface area contributed by atoms with Crippen LogP contribution in [0.4, 0.5) is 0 Å². The maximum atomic E-state index is 13.2. The van der Waals surface area contributed by atoms with Gasteiger partial charge in [0.1, 0.15) is 0 Å². The van der Waals surface area contributed by atoms with E-state index in [1.807, 2.05) is 60.9 Å². The van der Waals surface area contributed by atoms with Crippen molar-refractivity contribution in [3.05, 3.63) is 58.4 Å². The fourth-order valence-electron chi connectivity index (χ4n) is 4.49. The van der Waals surface area contributed by atoms with E-state index in [2.05, 4.69) is 5.32 Å². The lowest BCUT2D eigenvalue weighted by Crippen LogP contribution is -2.29.